The number of nitriles is 1. The van der Waals surface area contributed by atoms with Gasteiger partial charge in [0.2, 0.25) is 0 Å². The predicted octanol–water partition coefficient (Wildman–Crippen LogP) is 4.11. The Hall–Kier alpha value is -2.50. The fourth-order valence-electron chi connectivity index (χ4n) is 2.89. The molecule has 4 rings (SSSR count). The Morgan fingerprint density at radius 2 is 2.21 bits per heavy atom. The number of nitrogens with zero attached hydrogens (tertiary/aromatic N) is 4. The minimum atomic E-state index is -0.496. The molecule has 0 N–H and O–H groups in total. The molecular formula is C16H10N4O2S2. The van der Waals surface area contributed by atoms with Crippen molar-refractivity contribution in [3.8, 4) is 6.07 Å². The van der Waals surface area contributed by atoms with Crippen molar-refractivity contribution in [1.29, 1.82) is 5.26 Å². The van der Waals surface area contributed by atoms with Crippen LogP contribution in [0, 0.1) is 21.4 Å². The van der Waals surface area contributed by atoms with Crippen LogP contribution < -0.4 is 0 Å². The van der Waals surface area contributed by atoms with Crippen LogP contribution in [0.25, 0.3) is 10.2 Å². The number of nitro groups is 1. The van der Waals surface area contributed by atoms with E-state index in [1.54, 1.807) is 17.4 Å². The van der Waals surface area contributed by atoms with Crippen LogP contribution >= 0.6 is 23.1 Å². The minimum Gasteiger partial charge on any atom is -0.258 e. The molecule has 0 atom stereocenters. The van der Waals surface area contributed by atoms with Crippen molar-refractivity contribution in [2.45, 2.75) is 29.2 Å². The number of benzene rings is 1. The summed E-state index contributed by atoms with van der Waals surface area (Å²) < 4.78 is 0. The highest BCUT2D eigenvalue weighted by Crippen LogP contribution is 2.42. The predicted molar refractivity (Wildman–Crippen MR) is 91.4 cm³/mol. The third-order valence-corrected chi connectivity index (χ3v) is 6.25. The first kappa shape index (κ1) is 15.1. The van der Waals surface area contributed by atoms with Gasteiger partial charge in [0.25, 0.3) is 5.69 Å². The number of hydrogen-bond donors (Lipinski definition) is 0. The summed E-state index contributed by atoms with van der Waals surface area (Å²) in [6.07, 6.45) is 4.80. The molecular weight excluding hydrogens is 344 g/mol. The maximum absolute atomic E-state index is 10.9. The van der Waals surface area contributed by atoms with Gasteiger partial charge in [-0.15, -0.1) is 11.3 Å². The molecule has 1 aliphatic carbocycles. The van der Waals surface area contributed by atoms with Crippen molar-refractivity contribution >= 4 is 39.0 Å². The van der Waals surface area contributed by atoms with E-state index in [0.29, 0.717) is 4.90 Å². The van der Waals surface area contributed by atoms with E-state index < -0.39 is 4.92 Å². The number of aromatic nitrogens is 2. The van der Waals surface area contributed by atoms with Gasteiger partial charge in [0.05, 0.1) is 10.5 Å². The van der Waals surface area contributed by atoms with Crippen LogP contribution in [0.3, 0.4) is 0 Å². The molecule has 1 aromatic carbocycles. The van der Waals surface area contributed by atoms with Gasteiger partial charge in [-0.05, 0) is 30.9 Å². The quantitative estimate of drug-likeness (QED) is 0.399. The highest BCUT2D eigenvalue weighted by atomic mass is 32.2. The molecule has 6 nitrogen and oxygen atoms in total. The van der Waals surface area contributed by atoms with Crippen LogP contribution in [0.1, 0.15) is 22.4 Å². The van der Waals surface area contributed by atoms with Crippen LogP contribution in [0.4, 0.5) is 5.69 Å². The van der Waals surface area contributed by atoms with Crippen molar-refractivity contribution in [3.63, 3.8) is 0 Å². The highest BCUT2D eigenvalue weighted by molar-refractivity contribution is 7.99. The van der Waals surface area contributed by atoms with Crippen molar-refractivity contribution in [2.75, 3.05) is 0 Å². The van der Waals surface area contributed by atoms with Gasteiger partial charge in [-0.25, -0.2) is 9.97 Å². The molecule has 0 unspecified atom stereocenters. The Kier molecular flexibility index (Phi) is 3.67. The number of fused-ring (bicyclic) bond motifs is 3. The lowest BCUT2D eigenvalue weighted by Gasteiger charge is -2.05. The van der Waals surface area contributed by atoms with E-state index in [0.717, 1.165) is 34.5 Å². The Labute approximate surface area is 145 Å². The summed E-state index contributed by atoms with van der Waals surface area (Å²) in [6.45, 7) is 0. The molecule has 0 aliphatic heterocycles. The normalized spacial score (nSPS) is 13.0. The van der Waals surface area contributed by atoms with E-state index in [4.69, 9.17) is 0 Å². The second kappa shape index (κ2) is 5.85. The van der Waals surface area contributed by atoms with Gasteiger partial charge >= 0.3 is 0 Å². The first-order valence-corrected chi connectivity index (χ1v) is 8.92. The zero-order valence-electron chi connectivity index (χ0n) is 12.4. The van der Waals surface area contributed by atoms with Crippen LogP contribution in [-0.2, 0) is 12.8 Å². The van der Waals surface area contributed by atoms with E-state index >= 15 is 0 Å². The second-order valence-electron chi connectivity index (χ2n) is 5.37. The molecule has 0 fully saturated rings. The largest absolute Gasteiger partial charge is 0.270 e. The fourth-order valence-corrected chi connectivity index (χ4v) is 5.16. The van der Waals surface area contributed by atoms with E-state index in [9.17, 15) is 15.4 Å². The summed E-state index contributed by atoms with van der Waals surface area (Å²) in [5.74, 6) is 0. The van der Waals surface area contributed by atoms with Gasteiger partial charge in [-0.2, -0.15) is 5.26 Å². The lowest BCUT2D eigenvalue weighted by molar-refractivity contribution is -0.384. The lowest BCUT2D eigenvalue weighted by Crippen LogP contribution is -1.91. The van der Waals surface area contributed by atoms with Crippen LogP contribution in [-0.4, -0.2) is 14.9 Å². The summed E-state index contributed by atoms with van der Waals surface area (Å²) in [5.41, 5.74) is 1.52. The number of nitro benzene ring substituents is 1. The standard InChI is InChI=1S/C16H10N4O2S2/c17-7-9-6-10(20(21)22)4-5-12(9)23-15-14-11-2-1-3-13(11)24-16(14)19-8-18-15/h4-6,8H,1-3H2. The number of aryl methyl sites for hydroxylation is 2. The lowest BCUT2D eigenvalue weighted by atomic mass is 10.2. The smallest absolute Gasteiger partial charge is 0.258 e. The van der Waals surface area contributed by atoms with Crippen LogP contribution in [0.2, 0.25) is 0 Å². The van der Waals surface area contributed by atoms with E-state index in [2.05, 4.69) is 9.97 Å². The van der Waals surface area contributed by atoms with Gasteiger partial charge in [0.1, 0.15) is 22.3 Å². The molecule has 2 aromatic heterocycles. The van der Waals surface area contributed by atoms with Crippen LogP contribution in [0.15, 0.2) is 34.4 Å². The van der Waals surface area contributed by atoms with E-state index in [1.807, 2.05) is 6.07 Å². The summed E-state index contributed by atoms with van der Waals surface area (Å²) in [5, 5.41) is 22.1. The molecule has 24 heavy (non-hydrogen) atoms. The number of hydrogen-bond acceptors (Lipinski definition) is 7. The summed E-state index contributed by atoms with van der Waals surface area (Å²) in [6, 6.07) is 6.37. The zero-order valence-corrected chi connectivity index (χ0v) is 14.0. The first-order chi connectivity index (χ1) is 11.7. The molecule has 3 aromatic rings. The molecule has 2 heterocycles. The molecule has 0 saturated heterocycles. The maximum atomic E-state index is 10.9. The summed E-state index contributed by atoms with van der Waals surface area (Å²) in [4.78, 5) is 22.2. The molecule has 0 saturated carbocycles. The third kappa shape index (κ3) is 2.42. The summed E-state index contributed by atoms with van der Waals surface area (Å²) >= 11 is 3.08. The Morgan fingerprint density at radius 3 is 3.00 bits per heavy atom. The Balaban J connectivity index is 1.81. The van der Waals surface area contributed by atoms with Crippen molar-refractivity contribution in [2.24, 2.45) is 0 Å². The zero-order chi connectivity index (χ0) is 16.7. The molecule has 118 valence electrons. The van der Waals surface area contributed by atoms with E-state index in [1.165, 1.54) is 40.7 Å². The fraction of sp³-hybridized carbons (Fsp3) is 0.188. The monoisotopic (exact) mass is 354 g/mol. The molecule has 0 radical (unpaired) electrons. The number of thiophene rings is 1. The van der Waals surface area contributed by atoms with Gasteiger partial charge in [-0.3, -0.25) is 10.1 Å². The van der Waals surface area contributed by atoms with Crippen molar-refractivity contribution in [1.82, 2.24) is 9.97 Å². The van der Waals surface area contributed by atoms with Crippen LogP contribution in [0.5, 0.6) is 0 Å². The Morgan fingerprint density at radius 1 is 1.33 bits per heavy atom. The van der Waals surface area contributed by atoms with E-state index in [-0.39, 0.29) is 11.3 Å². The van der Waals surface area contributed by atoms with Gasteiger partial charge < -0.3 is 0 Å². The molecule has 0 bridgehead atoms. The van der Waals surface area contributed by atoms with Crippen molar-refractivity contribution < 1.29 is 4.92 Å². The van der Waals surface area contributed by atoms with Gasteiger partial charge in [0.15, 0.2) is 0 Å². The van der Waals surface area contributed by atoms with Crippen molar-refractivity contribution in [3.05, 3.63) is 50.6 Å². The molecule has 1 aliphatic rings. The molecule has 8 heteroatoms. The van der Waals surface area contributed by atoms with Gasteiger partial charge in [0, 0.05) is 27.3 Å². The third-order valence-electron chi connectivity index (χ3n) is 3.97. The topological polar surface area (TPSA) is 92.7 Å². The second-order valence-corrected chi connectivity index (χ2v) is 7.48. The maximum Gasteiger partial charge on any atom is 0.270 e. The number of rotatable bonds is 3. The first-order valence-electron chi connectivity index (χ1n) is 7.29. The SMILES string of the molecule is N#Cc1cc([N+](=O)[O-])ccc1Sc1ncnc2sc3c(c12)CCC3. The Bertz CT molecular complexity index is 1020. The molecule has 0 spiro atoms. The summed E-state index contributed by atoms with van der Waals surface area (Å²) in [7, 11) is 0. The van der Waals surface area contributed by atoms with Gasteiger partial charge in [-0.1, -0.05) is 11.8 Å². The number of non-ortho nitro benzene ring substituents is 1. The minimum absolute atomic E-state index is 0.0832. The molecule has 0 amide bonds. The average Bonchev–Trinajstić information content (AvgIpc) is 3.16. The highest BCUT2D eigenvalue weighted by Gasteiger charge is 2.22. The average molecular weight is 354 g/mol.